The van der Waals surface area contributed by atoms with E-state index in [9.17, 15) is 27.6 Å². The van der Waals surface area contributed by atoms with E-state index in [0.29, 0.717) is 70.3 Å². The number of carbonyl (C=O) groups excluding carboxylic acids is 3. The Balaban J connectivity index is 0.912. The Morgan fingerprint density at radius 1 is 0.956 bits per heavy atom. The summed E-state index contributed by atoms with van der Waals surface area (Å²) < 4.78 is 44.4. The average Bonchev–Trinajstić information content (AvgIpc) is 3.35. The van der Waals surface area contributed by atoms with Crippen molar-refractivity contribution in [3.05, 3.63) is 53.4 Å². The maximum absolute atomic E-state index is 13.3. The highest BCUT2D eigenvalue weighted by Crippen LogP contribution is 2.37. The molecule has 1 saturated carbocycles. The Morgan fingerprint density at radius 3 is 2.31 bits per heavy atom. The minimum atomic E-state index is -4.40. The number of allylic oxidation sites excluding steroid dienone is 4. The van der Waals surface area contributed by atoms with Crippen LogP contribution in [0.2, 0.25) is 0 Å². The molecule has 8 nitrogen and oxygen atoms in total. The zero-order valence-corrected chi connectivity index (χ0v) is 25.8. The van der Waals surface area contributed by atoms with Crippen molar-refractivity contribution in [1.29, 1.82) is 0 Å². The Morgan fingerprint density at radius 2 is 1.69 bits per heavy atom. The molecule has 4 heterocycles. The quantitative estimate of drug-likeness (QED) is 0.381. The molecule has 244 valence electrons. The van der Waals surface area contributed by atoms with E-state index in [2.05, 4.69) is 16.0 Å². The van der Waals surface area contributed by atoms with E-state index in [1.54, 1.807) is 0 Å². The summed E-state index contributed by atoms with van der Waals surface area (Å²) in [6.45, 7) is 4.29. The number of Topliss-reactive ketones (excluding diaryl/α,β-unsaturated/α-hetero) is 1. The number of amides is 2. The van der Waals surface area contributed by atoms with E-state index >= 15 is 0 Å². The molecule has 3 aliphatic heterocycles. The molecule has 0 aromatic carbocycles. The zero-order chi connectivity index (χ0) is 31.6. The van der Waals surface area contributed by atoms with Crippen molar-refractivity contribution < 1.29 is 32.3 Å². The number of carbonyl (C=O) groups is 3. The molecule has 6 rings (SSSR count). The van der Waals surface area contributed by atoms with E-state index < -0.39 is 17.3 Å². The van der Waals surface area contributed by atoms with Crippen molar-refractivity contribution in [3.8, 4) is 0 Å². The van der Waals surface area contributed by atoms with Crippen molar-refractivity contribution in [2.24, 2.45) is 17.8 Å². The lowest BCUT2D eigenvalue weighted by Crippen LogP contribution is -2.47. The predicted octanol–water partition coefficient (Wildman–Crippen LogP) is 5.78. The second kappa shape index (κ2) is 13.3. The second-order valence-corrected chi connectivity index (χ2v) is 13.6. The lowest BCUT2D eigenvalue weighted by Gasteiger charge is -2.38. The fraction of sp³-hybridized carbons (Fsp3) is 0.647. The van der Waals surface area contributed by atoms with Gasteiger partial charge in [0.05, 0.1) is 17.8 Å². The number of hydrogen-bond donors (Lipinski definition) is 0. The molecular formula is C34H43F3N4O4. The van der Waals surface area contributed by atoms with Crippen molar-refractivity contribution in [2.45, 2.75) is 82.5 Å². The van der Waals surface area contributed by atoms with Gasteiger partial charge in [-0.05, 0) is 69.4 Å². The van der Waals surface area contributed by atoms with Crippen LogP contribution in [0, 0.1) is 17.8 Å². The fourth-order valence-electron chi connectivity index (χ4n) is 7.68. The summed E-state index contributed by atoms with van der Waals surface area (Å²) in [6.07, 6.45) is 10.4. The van der Waals surface area contributed by atoms with Crippen LogP contribution in [0.15, 0.2) is 42.1 Å². The second-order valence-electron chi connectivity index (χ2n) is 13.6. The summed E-state index contributed by atoms with van der Waals surface area (Å²) in [5, 5.41) is 0. The molecule has 3 saturated heterocycles. The van der Waals surface area contributed by atoms with Gasteiger partial charge in [0.15, 0.2) is 5.78 Å². The number of hydrogen-bond acceptors (Lipinski definition) is 6. The van der Waals surface area contributed by atoms with Gasteiger partial charge in [-0.15, -0.1) is 0 Å². The number of nitrogens with zero attached hydrogens (tertiary/aromatic N) is 4. The van der Waals surface area contributed by atoms with Crippen LogP contribution >= 0.6 is 0 Å². The largest absolute Gasteiger partial charge is 0.441 e. The number of halogens is 3. The van der Waals surface area contributed by atoms with E-state index in [-0.39, 0.29) is 29.6 Å². The molecule has 0 unspecified atom stereocenters. The third kappa shape index (κ3) is 7.45. The Bertz CT molecular complexity index is 1300. The van der Waals surface area contributed by atoms with E-state index in [0.717, 1.165) is 69.2 Å². The molecular weight excluding hydrogens is 585 g/mol. The van der Waals surface area contributed by atoms with E-state index in [1.807, 2.05) is 22.0 Å². The number of pyridine rings is 1. The van der Waals surface area contributed by atoms with Gasteiger partial charge in [-0.1, -0.05) is 18.2 Å². The normalized spacial score (nSPS) is 26.2. The van der Waals surface area contributed by atoms with Gasteiger partial charge in [0.1, 0.15) is 5.60 Å². The molecule has 45 heavy (non-hydrogen) atoms. The first-order chi connectivity index (χ1) is 21.6. The van der Waals surface area contributed by atoms with E-state index in [4.69, 9.17) is 4.74 Å². The molecule has 1 aromatic heterocycles. The smallest absolute Gasteiger partial charge is 0.417 e. The van der Waals surface area contributed by atoms with Gasteiger partial charge in [-0.3, -0.25) is 19.5 Å². The van der Waals surface area contributed by atoms with Crippen LogP contribution in [-0.2, 0) is 27.0 Å². The van der Waals surface area contributed by atoms with Gasteiger partial charge in [0.25, 0.3) is 0 Å². The molecule has 2 aliphatic carbocycles. The van der Waals surface area contributed by atoms with Gasteiger partial charge in [0.2, 0.25) is 5.91 Å². The summed E-state index contributed by atoms with van der Waals surface area (Å²) in [5.74, 6) is 0.793. The topological polar surface area (TPSA) is 83.1 Å². The minimum absolute atomic E-state index is 0.00516. The maximum Gasteiger partial charge on any atom is 0.417 e. The number of rotatable bonds is 7. The molecule has 0 atom stereocenters. The van der Waals surface area contributed by atoms with Crippen LogP contribution < -0.4 is 0 Å². The van der Waals surface area contributed by atoms with Gasteiger partial charge in [-0.2, -0.15) is 13.2 Å². The summed E-state index contributed by atoms with van der Waals surface area (Å²) >= 11 is 0. The molecule has 2 amide bonds. The number of ether oxygens (including phenoxy) is 1. The average molecular weight is 629 g/mol. The number of likely N-dealkylation sites (tertiary alicyclic amines) is 2. The predicted molar refractivity (Wildman–Crippen MR) is 161 cm³/mol. The molecule has 1 aromatic rings. The van der Waals surface area contributed by atoms with Crippen molar-refractivity contribution >= 4 is 17.8 Å². The van der Waals surface area contributed by atoms with Crippen molar-refractivity contribution in [2.75, 3.05) is 39.3 Å². The number of ketones is 1. The lowest BCUT2D eigenvalue weighted by atomic mass is 9.80. The summed E-state index contributed by atoms with van der Waals surface area (Å²) in [5.41, 5.74) is 0.142. The first-order valence-corrected chi connectivity index (χ1v) is 16.5. The SMILES string of the molecule is O=C(C1=CCCC=C1)C1CCN(C(=O)C2CCC(CN3CC4(CCN(Cc5ccc(C(F)(F)F)cn5)CC4)OC3=O)CC2)CC1. The van der Waals surface area contributed by atoms with Crippen molar-refractivity contribution in [3.63, 3.8) is 0 Å². The Kier molecular flexibility index (Phi) is 9.36. The molecule has 4 fully saturated rings. The number of alkyl halides is 3. The fourth-order valence-corrected chi connectivity index (χ4v) is 7.68. The monoisotopic (exact) mass is 628 g/mol. The highest BCUT2D eigenvalue weighted by Gasteiger charge is 2.47. The molecule has 0 bridgehead atoms. The minimum Gasteiger partial charge on any atom is -0.441 e. The van der Waals surface area contributed by atoms with Crippen LogP contribution in [0.3, 0.4) is 0 Å². The summed E-state index contributed by atoms with van der Waals surface area (Å²) in [4.78, 5) is 48.9. The van der Waals surface area contributed by atoms with Crippen LogP contribution in [0.4, 0.5) is 18.0 Å². The maximum atomic E-state index is 13.3. The van der Waals surface area contributed by atoms with E-state index in [1.165, 1.54) is 6.07 Å². The Labute approximate surface area is 262 Å². The summed E-state index contributed by atoms with van der Waals surface area (Å²) in [6, 6.07) is 2.49. The van der Waals surface area contributed by atoms with Crippen LogP contribution in [0.25, 0.3) is 0 Å². The Hall–Kier alpha value is -3.21. The van der Waals surface area contributed by atoms with Crippen LogP contribution in [-0.4, -0.2) is 82.3 Å². The first-order valence-electron chi connectivity index (χ1n) is 16.5. The highest BCUT2D eigenvalue weighted by atomic mass is 19.4. The van der Waals surface area contributed by atoms with Gasteiger partial charge < -0.3 is 14.5 Å². The van der Waals surface area contributed by atoms with Crippen LogP contribution in [0.5, 0.6) is 0 Å². The van der Waals surface area contributed by atoms with Gasteiger partial charge in [-0.25, -0.2) is 4.79 Å². The third-order valence-corrected chi connectivity index (χ3v) is 10.5. The van der Waals surface area contributed by atoms with Gasteiger partial charge in [0, 0.05) is 75.7 Å². The number of piperidine rings is 2. The third-order valence-electron chi connectivity index (χ3n) is 10.5. The zero-order valence-electron chi connectivity index (χ0n) is 25.8. The first kappa shape index (κ1) is 31.8. The summed E-state index contributed by atoms with van der Waals surface area (Å²) in [7, 11) is 0. The van der Waals surface area contributed by atoms with Gasteiger partial charge >= 0.3 is 12.3 Å². The van der Waals surface area contributed by atoms with Crippen molar-refractivity contribution in [1.82, 2.24) is 19.7 Å². The lowest BCUT2D eigenvalue weighted by molar-refractivity contribution is -0.139. The standard InChI is InChI=1S/C34H43F3N4O4/c35-34(36,37)28-10-11-29(38-20-28)22-39-18-14-33(15-19-39)23-41(32(44)45-33)21-24-6-8-27(9-7-24)31(43)40-16-12-26(13-17-40)30(42)25-4-2-1-3-5-25/h2,4-5,10-11,20,24,26-27H,1,3,6-9,12-19,21-23H2. The molecule has 0 N–H and O–H groups in total. The molecule has 1 spiro atoms. The number of aromatic nitrogens is 1. The molecule has 5 aliphatic rings. The highest BCUT2D eigenvalue weighted by molar-refractivity contribution is 6.00. The molecule has 11 heteroatoms. The van der Waals surface area contributed by atoms with Crippen LogP contribution in [0.1, 0.15) is 75.5 Å². The molecule has 0 radical (unpaired) electrons.